The second kappa shape index (κ2) is 4.33. The summed E-state index contributed by atoms with van der Waals surface area (Å²) in [6.45, 7) is 4.71. The first-order valence-corrected chi connectivity index (χ1v) is 4.57. The Morgan fingerprint density at radius 2 is 2.46 bits per heavy atom. The van der Waals surface area contributed by atoms with Crippen LogP contribution in [0.4, 0.5) is 5.69 Å². The van der Waals surface area contributed by atoms with E-state index in [4.69, 9.17) is 11.6 Å². The van der Waals surface area contributed by atoms with E-state index in [0.29, 0.717) is 0 Å². The first-order chi connectivity index (χ1) is 6.13. The maximum Gasteiger partial charge on any atom is 0.0825 e. The van der Waals surface area contributed by atoms with E-state index in [1.54, 1.807) is 10.2 Å². The molecule has 0 saturated heterocycles. The third-order valence-electron chi connectivity index (χ3n) is 1.76. The number of anilines is 1. The maximum absolute atomic E-state index is 5.54. The summed E-state index contributed by atoms with van der Waals surface area (Å²) >= 11 is 5.54. The molecule has 1 heterocycles. The highest BCUT2D eigenvalue weighted by molar-refractivity contribution is 6.25. The summed E-state index contributed by atoms with van der Waals surface area (Å²) in [5, 5.41) is 7.46. The van der Waals surface area contributed by atoms with Gasteiger partial charge in [-0.25, -0.2) is 0 Å². The molecule has 0 unspecified atom stereocenters. The van der Waals surface area contributed by atoms with Crippen LogP contribution in [0.2, 0.25) is 0 Å². The van der Waals surface area contributed by atoms with Gasteiger partial charge in [0.2, 0.25) is 0 Å². The Balaban J connectivity index is 2.59. The van der Waals surface area contributed by atoms with E-state index in [2.05, 4.69) is 10.4 Å². The highest BCUT2D eigenvalue weighted by Gasteiger charge is 2.00. The number of nitrogens with zero attached hydrogens (tertiary/aromatic N) is 2. The van der Waals surface area contributed by atoms with Gasteiger partial charge in [-0.05, 0) is 19.4 Å². The van der Waals surface area contributed by atoms with Crippen LogP contribution in [0.15, 0.2) is 17.3 Å². The van der Waals surface area contributed by atoms with E-state index in [-0.39, 0.29) is 0 Å². The molecule has 1 aromatic heterocycles. The van der Waals surface area contributed by atoms with Gasteiger partial charge in [0, 0.05) is 25.3 Å². The summed E-state index contributed by atoms with van der Waals surface area (Å²) in [5.41, 5.74) is 4.74. The predicted molar refractivity (Wildman–Crippen MR) is 56.0 cm³/mol. The zero-order valence-electron chi connectivity index (χ0n) is 8.13. The number of hydrogen-bond acceptors (Lipinski definition) is 2. The van der Waals surface area contributed by atoms with Gasteiger partial charge in [0.25, 0.3) is 0 Å². The molecule has 0 amide bonds. The van der Waals surface area contributed by atoms with Gasteiger partial charge in [-0.3, -0.25) is 4.68 Å². The summed E-state index contributed by atoms with van der Waals surface area (Å²) in [4.78, 5) is 0. The van der Waals surface area contributed by atoms with Crippen molar-refractivity contribution in [3.8, 4) is 0 Å². The van der Waals surface area contributed by atoms with Crippen molar-refractivity contribution in [1.29, 1.82) is 0 Å². The lowest BCUT2D eigenvalue weighted by Crippen LogP contribution is -2.02. The first kappa shape index (κ1) is 10.1. The van der Waals surface area contributed by atoms with Gasteiger partial charge in [-0.15, -0.1) is 0 Å². The molecule has 1 aromatic rings. The fourth-order valence-corrected chi connectivity index (χ4v) is 1.12. The Hall–Kier alpha value is -0.960. The Bertz CT molecular complexity index is 315. The molecule has 1 rings (SSSR count). The molecule has 0 aliphatic heterocycles. The fourth-order valence-electron chi connectivity index (χ4n) is 1.05. The summed E-state index contributed by atoms with van der Waals surface area (Å²) in [5.74, 6) is 0. The summed E-state index contributed by atoms with van der Waals surface area (Å²) in [6, 6.07) is 0. The van der Waals surface area contributed by atoms with Crippen LogP contribution in [0, 0.1) is 6.92 Å². The summed E-state index contributed by atoms with van der Waals surface area (Å²) in [7, 11) is 1.91. The highest BCUT2D eigenvalue weighted by atomic mass is 35.5. The molecule has 0 radical (unpaired) electrons. The second-order valence-corrected chi connectivity index (χ2v) is 3.33. The van der Waals surface area contributed by atoms with Gasteiger partial charge in [0.05, 0.1) is 11.4 Å². The van der Waals surface area contributed by atoms with Gasteiger partial charge in [-0.1, -0.05) is 11.6 Å². The van der Waals surface area contributed by atoms with E-state index >= 15 is 0 Å². The minimum atomic E-state index is 0.760. The molecule has 4 heteroatoms. The number of hydrogen-bond donors (Lipinski definition) is 1. The number of aromatic nitrogens is 2. The minimum absolute atomic E-state index is 0.760. The smallest absolute Gasteiger partial charge is 0.0825 e. The van der Waals surface area contributed by atoms with Crippen molar-refractivity contribution in [2.45, 2.75) is 13.8 Å². The van der Waals surface area contributed by atoms with Crippen LogP contribution in [-0.4, -0.2) is 16.3 Å². The highest BCUT2D eigenvalue weighted by Crippen LogP contribution is 2.11. The Morgan fingerprint density at radius 1 is 1.77 bits per heavy atom. The molecular weight excluding hydrogens is 186 g/mol. The van der Waals surface area contributed by atoms with Crippen molar-refractivity contribution in [2.24, 2.45) is 7.05 Å². The lowest BCUT2D eigenvalue weighted by atomic mass is 10.3. The van der Waals surface area contributed by atoms with Crippen molar-refractivity contribution >= 4 is 17.3 Å². The van der Waals surface area contributed by atoms with Crippen LogP contribution in [0.25, 0.3) is 0 Å². The molecule has 0 fully saturated rings. The molecule has 0 aromatic carbocycles. The van der Waals surface area contributed by atoms with Gasteiger partial charge in [0.15, 0.2) is 0 Å². The topological polar surface area (TPSA) is 29.9 Å². The largest absolute Gasteiger partial charge is 0.379 e. The lowest BCUT2D eigenvalue weighted by molar-refractivity contribution is 0.756. The van der Waals surface area contributed by atoms with Crippen LogP contribution >= 0.6 is 11.6 Å². The van der Waals surface area contributed by atoms with E-state index in [9.17, 15) is 0 Å². The van der Waals surface area contributed by atoms with Crippen molar-refractivity contribution < 1.29 is 0 Å². The van der Waals surface area contributed by atoms with Crippen LogP contribution in [-0.2, 0) is 7.05 Å². The van der Waals surface area contributed by atoms with Crippen LogP contribution in [0.5, 0.6) is 0 Å². The van der Waals surface area contributed by atoms with E-state index < -0.39 is 0 Å². The molecule has 0 atom stereocenters. The maximum atomic E-state index is 5.54. The van der Waals surface area contributed by atoms with E-state index in [1.807, 2.05) is 27.1 Å². The Morgan fingerprint density at radius 3 is 2.92 bits per heavy atom. The molecule has 0 spiro atoms. The minimum Gasteiger partial charge on any atom is -0.379 e. The third-order valence-corrected chi connectivity index (χ3v) is 2.13. The Kier molecular flexibility index (Phi) is 3.37. The molecule has 0 aliphatic rings. The quantitative estimate of drug-likeness (QED) is 0.810. The van der Waals surface area contributed by atoms with Gasteiger partial charge in [0.1, 0.15) is 0 Å². The van der Waals surface area contributed by atoms with E-state index in [1.165, 1.54) is 0 Å². The Labute approximate surface area is 83.4 Å². The standard InChI is InChI=1S/C9H14ClN3/c1-7(4-10)5-11-9-6-13(3)12-8(9)2/h4,6,11H,5H2,1-3H3/b7-4+. The SMILES string of the molecule is C/C(=C\Cl)CNc1cn(C)nc1C. The monoisotopic (exact) mass is 199 g/mol. The van der Waals surface area contributed by atoms with Crippen molar-refractivity contribution in [1.82, 2.24) is 9.78 Å². The van der Waals surface area contributed by atoms with Gasteiger partial charge < -0.3 is 5.32 Å². The number of rotatable bonds is 3. The van der Waals surface area contributed by atoms with Gasteiger partial charge in [-0.2, -0.15) is 5.10 Å². The number of nitrogens with one attached hydrogen (secondary N) is 1. The molecular formula is C9H14ClN3. The van der Waals surface area contributed by atoms with Crippen LogP contribution in [0.3, 0.4) is 0 Å². The average Bonchev–Trinajstić information content (AvgIpc) is 2.41. The molecule has 72 valence electrons. The van der Waals surface area contributed by atoms with E-state index in [0.717, 1.165) is 23.5 Å². The molecule has 0 bridgehead atoms. The summed E-state index contributed by atoms with van der Waals surface area (Å²) < 4.78 is 1.79. The fraction of sp³-hybridized carbons (Fsp3) is 0.444. The molecule has 1 N–H and O–H groups in total. The zero-order valence-corrected chi connectivity index (χ0v) is 8.89. The second-order valence-electron chi connectivity index (χ2n) is 3.11. The summed E-state index contributed by atoms with van der Waals surface area (Å²) in [6.07, 6.45) is 1.96. The first-order valence-electron chi connectivity index (χ1n) is 4.13. The molecule has 0 saturated carbocycles. The molecule has 13 heavy (non-hydrogen) atoms. The average molecular weight is 200 g/mol. The number of halogens is 1. The number of aryl methyl sites for hydroxylation is 2. The van der Waals surface area contributed by atoms with Gasteiger partial charge >= 0.3 is 0 Å². The molecule has 0 aliphatic carbocycles. The van der Waals surface area contributed by atoms with Crippen molar-refractivity contribution in [3.63, 3.8) is 0 Å². The molecule has 3 nitrogen and oxygen atoms in total. The lowest BCUT2D eigenvalue weighted by Gasteiger charge is -2.03. The van der Waals surface area contributed by atoms with Crippen LogP contribution in [0.1, 0.15) is 12.6 Å². The van der Waals surface area contributed by atoms with Crippen LogP contribution < -0.4 is 5.32 Å². The normalized spacial score (nSPS) is 11.8. The third kappa shape index (κ3) is 2.77. The van der Waals surface area contributed by atoms with Crippen molar-refractivity contribution in [3.05, 3.63) is 23.0 Å². The zero-order chi connectivity index (χ0) is 9.84. The predicted octanol–water partition coefficient (Wildman–Crippen LogP) is 2.28. The van der Waals surface area contributed by atoms with Crippen molar-refractivity contribution in [2.75, 3.05) is 11.9 Å².